The van der Waals surface area contributed by atoms with Crippen LogP contribution in [0.4, 0.5) is 0 Å². The van der Waals surface area contributed by atoms with Gasteiger partial charge in [0.1, 0.15) is 17.2 Å². The number of para-hydroxylation sites is 1. The Morgan fingerprint density at radius 2 is 1.46 bits per heavy atom. The zero-order valence-electron chi connectivity index (χ0n) is 13.0. The van der Waals surface area contributed by atoms with Gasteiger partial charge in [0.2, 0.25) is 0 Å². The van der Waals surface area contributed by atoms with Gasteiger partial charge in [-0.2, -0.15) is 0 Å². The molecule has 4 nitrogen and oxygen atoms in total. The van der Waals surface area contributed by atoms with Gasteiger partial charge in [0.25, 0.3) is 0 Å². The number of carbonyl (C=O) groups is 1. The summed E-state index contributed by atoms with van der Waals surface area (Å²) in [4.78, 5) is 12.2. The average Bonchev–Trinajstić information content (AvgIpc) is 2.63. The Labute approximate surface area is 140 Å². The van der Waals surface area contributed by atoms with Crippen molar-refractivity contribution in [2.45, 2.75) is 6.54 Å². The van der Waals surface area contributed by atoms with Crippen molar-refractivity contribution in [3.05, 3.63) is 90.0 Å². The molecule has 4 heteroatoms. The summed E-state index contributed by atoms with van der Waals surface area (Å²) in [6.45, 7) is 0.439. The lowest BCUT2D eigenvalue weighted by atomic mass is 10.1. The molecular formula is C20H17NO3. The molecule has 24 heavy (non-hydrogen) atoms. The van der Waals surface area contributed by atoms with E-state index in [1.54, 1.807) is 36.4 Å². The van der Waals surface area contributed by atoms with Crippen LogP contribution in [0.25, 0.3) is 0 Å². The van der Waals surface area contributed by atoms with Crippen molar-refractivity contribution in [1.29, 1.82) is 0 Å². The first-order valence-corrected chi connectivity index (χ1v) is 7.59. The molecule has 0 spiro atoms. The molecule has 0 aromatic heterocycles. The van der Waals surface area contributed by atoms with Crippen molar-refractivity contribution in [2.24, 2.45) is 5.73 Å². The number of esters is 1. The minimum Gasteiger partial charge on any atom is -0.457 e. The van der Waals surface area contributed by atoms with E-state index in [4.69, 9.17) is 15.2 Å². The van der Waals surface area contributed by atoms with Crippen molar-refractivity contribution in [1.82, 2.24) is 0 Å². The summed E-state index contributed by atoms with van der Waals surface area (Å²) in [7, 11) is 0. The summed E-state index contributed by atoms with van der Waals surface area (Å²) in [6, 6.07) is 23.4. The van der Waals surface area contributed by atoms with Gasteiger partial charge in [-0.25, -0.2) is 4.79 Å². The molecule has 3 rings (SSSR count). The van der Waals surface area contributed by atoms with Gasteiger partial charge in [-0.3, -0.25) is 0 Å². The van der Waals surface area contributed by atoms with E-state index < -0.39 is 5.97 Å². The van der Waals surface area contributed by atoms with Crippen LogP contribution in [0.1, 0.15) is 15.9 Å². The van der Waals surface area contributed by atoms with Gasteiger partial charge in [0, 0.05) is 12.6 Å². The molecule has 3 aromatic carbocycles. The lowest BCUT2D eigenvalue weighted by Crippen LogP contribution is -2.08. The molecule has 120 valence electrons. The second-order valence-electron chi connectivity index (χ2n) is 5.18. The van der Waals surface area contributed by atoms with Gasteiger partial charge >= 0.3 is 5.97 Å². The molecular weight excluding hydrogens is 302 g/mol. The molecule has 0 aliphatic rings. The van der Waals surface area contributed by atoms with Crippen molar-refractivity contribution in [3.63, 3.8) is 0 Å². The summed E-state index contributed by atoms with van der Waals surface area (Å²) < 4.78 is 11.1. The molecule has 0 atom stereocenters. The Bertz CT molecular complexity index is 814. The van der Waals surface area contributed by atoms with Gasteiger partial charge in [0.15, 0.2) is 0 Å². The number of nitrogens with two attached hydrogens (primary N) is 1. The smallest absolute Gasteiger partial charge is 0.343 e. The Morgan fingerprint density at radius 3 is 2.17 bits per heavy atom. The number of rotatable bonds is 5. The molecule has 0 unspecified atom stereocenters. The zero-order valence-corrected chi connectivity index (χ0v) is 13.0. The van der Waals surface area contributed by atoms with Crippen LogP contribution in [-0.2, 0) is 6.54 Å². The predicted octanol–water partition coefficient (Wildman–Crippen LogP) is 4.16. The van der Waals surface area contributed by atoms with Crippen LogP contribution in [0.5, 0.6) is 17.2 Å². The fourth-order valence-electron chi connectivity index (χ4n) is 2.17. The maximum atomic E-state index is 12.2. The van der Waals surface area contributed by atoms with Gasteiger partial charge in [-0.1, -0.05) is 36.4 Å². The third-order valence-corrected chi connectivity index (χ3v) is 3.42. The molecule has 0 aliphatic heterocycles. The zero-order chi connectivity index (χ0) is 16.8. The number of hydrogen-bond donors (Lipinski definition) is 1. The minimum atomic E-state index is -0.421. The Hall–Kier alpha value is -3.11. The number of benzene rings is 3. The maximum Gasteiger partial charge on any atom is 0.343 e. The van der Waals surface area contributed by atoms with E-state index in [0.29, 0.717) is 23.6 Å². The van der Waals surface area contributed by atoms with E-state index in [2.05, 4.69) is 0 Å². The quantitative estimate of drug-likeness (QED) is 0.567. The van der Waals surface area contributed by atoms with Crippen LogP contribution < -0.4 is 15.2 Å². The van der Waals surface area contributed by atoms with E-state index in [1.807, 2.05) is 42.5 Å². The number of ether oxygens (including phenoxy) is 2. The van der Waals surface area contributed by atoms with E-state index in [0.717, 1.165) is 11.3 Å². The highest BCUT2D eigenvalue weighted by Crippen LogP contribution is 2.25. The molecule has 2 N–H and O–H groups in total. The average molecular weight is 319 g/mol. The minimum absolute atomic E-state index is 0.421. The molecule has 0 heterocycles. The third-order valence-electron chi connectivity index (χ3n) is 3.42. The molecule has 0 aliphatic carbocycles. The molecule has 0 saturated heterocycles. The number of hydrogen-bond acceptors (Lipinski definition) is 4. The van der Waals surface area contributed by atoms with Crippen LogP contribution in [0.3, 0.4) is 0 Å². The van der Waals surface area contributed by atoms with Crippen LogP contribution in [0.2, 0.25) is 0 Å². The number of carbonyl (C=O) groups excluding carboxylic acids is 1. The molecule has 0 bridgehead atoms. The first-order valence-electron chi connectivity index (χ1n) is 7.59. The topological polar surface area (TPSA) is 61.6 Å². The van der Waals surface area contributed by atoms with E-state index in [1.165, 1.54) is 0 Å². The standard InChI is InChI=1S/C20H17NO3/c21-14-15-9-11-16(12-10-15)20(22)24-19-8-4-7-18(13-19)23-17-5-2-1-3-6-17/h1-13H,14,21H2. The molecule has 0 fully saturated rings. The van der Waals surface area contributed by atoms with Crippen LogP contribution in [0, 0.1) is 0 Å². The van der Waals surface area contributed by atoms with Crippen molar-refractivity contribution >= 4 is 5.97 Å². The second-order valence-corrected chi connectivity index (χ2v) is 5.18. The van der Waals surface area contributed by atoms with Gasteiger partial charge < -0.3 is 15.2 Å². The normalized spacial score (nSPS) is 10.2. The van der Waals surface area contributed by atoms with Gasteiger partial charge in [-0.15, -0.1) is 0 Å². The van der Waals surface area contributed by atoms with E-state index >= 15 is 0 Å². The SMILES string of the molecule is NCc1ccc(C(=O)Oc2cccc(Oc3ccccc3)c2)cc1. The van der Waals surface area contributed by atoms with Crippen LogP contribution in [0.15, 0.2) is 78.9 Å². The maximum absolute atomic E-state index is 12.2. The lowest BCUT2D eigenvalue weighted by molar-refractivity contribution is 0.0734. The van der Waals surface area contributed by atoms with E-state index in [-0.39, 0.29) is 0 Å². The Kier molecular flexibility index (Phi) is 4.89. The fraction of sp³-hybridized carbons (Fsp3) is 0.0500. The summed E-state index contributed by atoms with van der Waals surface area (Å²) in [5.41, 5.74) is 6.99. The summed E-state index contributed by atoms with van der Waals surface area (Å²) in [6.07, 6.45) is 0. The third kappa shape index (κ3) is 4.00. The Morgan fingerprint density at radius 1 is 0.792 bits per heavy atom. The first-order chi connectivity index (χ1) is 11.7. The highest BCUT2D eigenvalue weighted by atomic mass is 16.5. The highest BCUT2D eigenvalue weighted by molar-refractivity contribution is 5.91. The van der Waals surface area contributed by atoms with E-state index in [9.17, 15) is 4.79 Å². The van der Waals surface area contributed by atoms with Gasteiger partial charge in [0.05, 0.1) is 5.56 Å². The molecule has 0 saturated carbocycles. The molecule has 0 radical (unpaired) electrons. The van der Waals surface area contributed by atoms with Crippen LogP contribution >= 0.6 is 0 Å². The van der Waals surface area contributed by atoms with Crippen LogP contribution in [-0.4, -0.2) is 5.97 Å². The largest absolute Gasteiger partial charge is 0.457 e. The summed E-state index contributed by atoms with van der Waals surface area (Å²) in [5.74, 6) is 1.33. The first kappa shape index (κ1) is 15.8. The fourth-order valence-corrected chi connectivity index (χ4v) is 2.17. The summed E-state index contributed by atoms with van der Waals surface area (Å²) in [5, 5.41) is 0. The highest BCUT2D eigenvalue weighted by Gasteiger charge is 2.09. The molecule has 0 amide bonds. The lowest BCUT2D eigenvalue weighted by Gasteiger charge is -2.08. The Balaban J connectivity index is 1.70. The van der Waals surface area contributed by atoms with Crippen molar-refractivity contribution in [3.8, 4) is 17.2 Å². The van der Waals surface area contributed by atoms with Crippen molar-refractivity contribution < 1.29 is 14.3 Å². The molecule has 3 aromatic rings. The predicted molar refractivity (Wildman–Crippen MR) is 92.2 cm³/mol. The van der Waals surface area contributed by atoms with Crippen molar-refractivity contribution in [2.75, 3.05) is 0 Å². The second kappa shape index (κ2) is 7.44. The summed E-state index contributed by atoms with van der Waals surface area (Å²) >= 11 is 0. The van der Waals surface area contributed by atoms with Gasteiger partial charge in [-0.05, 0) is 42.0 Å². The monoisotopic (exact) mass is 319 g/mol.